The Hall–Kier alpha value is -2.53. The molecule has 0 unspecified atom stereocenters. The second-order valence-corrected chi connectivity index (χ2v) is 9.56. The van der Waals surface area contributed by atoms with Gasteiger partial charge in [-0.25, -0.2) is 0 Å². The molecular formula is C28H37ClN2O3. The van der Waals surface area contributed by atoms with E-state index in [4.69, 9.17) is 16.3 Å². The van der Waals surface area contributed by atoms with Crippen LogP contribution in [0.25, 0.3) is 0 Å². The summed E-state index contributed by atoms with van der Waals surface area (Å²) in [4.78, 5) is 28.4. The summed E-state index contributed by atoms with van der Waals surface area (Å²) in [6, 6.07) is 15.0. The number of carbonyl (C=O) groups is 2. The van der Waals surface area contributed by atoms with Crippen molar-refractivity contribution in [3.63, 3.8) is 0 Å². The number of nitrogens with zero attached hydrogens (tertiary/aromatic N) is 1. The first-order chi connectivity index (χ1) is 16.5. The zero-order valence-electron chi connectivity index (χ0n) is 20.4. The molecule has 3 rings (SSSR count). The first kappa shape index (κ1) is 26.1. The molecule has 0 aliphatic heterocycles. The van der Waals surface area contributed by atoms with E-state index < -0.39 is 6.04 Å². The van der Waals surface area contributed by atoms with Gasteiger partial charge in [-0.15, -0.1) is 0 Å². The second-order valence-electron chi connectivity index (χ2n) is 9.12. The van der Waals surface area contributed by atoms with Gasteiger partial charge in [0.05, 0.1) is 6.61 Å². The Balaban J connectivity index is 1.65. The zero-order chi connectivity index (χ0) is 24.3. The van der Waals surface area contributed by atoms with E-state index in [-0.39, 0.29) is 17.9 Å². The van der Waals surface area contributed by atoms with Crippen molar-refractivity contribution >= 4 is 23.4 Å². The van der Waals surface area contributed by atoms with Crippen molar-refractivity contribution in [3.8, 4) is 5.75 Å². The van der Waals surface area contributed by atoms with Crippen LogP contribution in [0.15, 0.2) is 48.5 Å². The molecule has 1 fully saturated rings. The predicted octanol–water partition coefficient (Wildman–Crippen LogP) is 6.06. The van der Waals surface area contributed by atoms with Crippen LogP contribution < -0.4 is 10.1 Å². The molecule has 2 aromatic carbocycles. The van der Waals surface area contributed by atoms with E-state index in [1.807, 2.05) is 50.2 Å². The number of hydrogen-bond acceptors (Lipinski definition) is 3. The standard InChI is InChI=1S/C28H37ClN2O3/c1-3-26(28(33)30-24-12-5-4-6-13-24)31(20-22-11-8-7-10-21(22)2)27(32)14-9-19-34-25-17-15-23(29)16-18-25/h7-8,10-11,15-18,24,26H,3-6,9,12-14,19-20H2,1-2H3,(H,30,33)/t26-/m0/s1. The van der Waals surface area contributed by atoms with E-state index in [0.29, 0.717) is 37.4 Å². The van der Waals surface area contributed by atoms with Crippen LogP contribution in [0.2, 0.25) is 5.02 Å². The Morgan fingerprint density at radius 1 is 1.09 bits per heavy atom. The number of aryl methyl sites for hydroxylation is 1. The third kappa shape index (κ3) is 7.76. The first-order valence-corrected chi connectivity index (χ1v) is 12.9. The van der Waals surface area contributed by atoms with Gasteiger partial charge in [-0.05, 0) is 68.0 Å². The molecule has 0 spiro atoms. The van der Waals surface area contributed by atoms with Crippen LogP contribution in [0.3, 0.4) is 0 Å². The fourth-order valence-electron chi connectivity index (χ4n) is 4.52. The Labute approximate surface area is 208 Å². The Morgan fingerprint density at radius 3 is 2.47 bits per heavy atom. The number of ether oxygens (including phenoxy) is 1. The molecule has 1 atom stereocenters. The van der Waals surface area contributed by atoms with Crippen LogP contribution in [0.5, 0.6) is 5.75 Å². The first-order valence-electron chi connectivity index (χ1n) is 12.5. The third-order valence-electron chi connectivity index (χ3n) is 6.56. The van der Waals surface area contributed by atoms with Gasteiger partial charge in [0.2, 0.25) is 11.8 Å². The number of amides is 2. The highest BCUT2D eigenvalue weighted by Gasteiger charge is 2.30. The summed E-state index contributed by atoms with van der Waals surface area (Å²) in [5.74, 6) is 0.675. The summed E-state index contributed by atoms with van der Waals surface area (Å²) in [6.45, 7) is 4.88. The maximum Gasteiger partial charge on any atom is 0.243 e. The molecule has 34 heavy (non-hydrogen) atoms. The van der Waals surface area contributed by atoms with Crippen LogP contribution in [0.1, 0.15) is 69.4 Å². The lowest BCUT2D eigenvalue weighted by atomic mass is 9.95. The molecule has 0 radical (unpaired) electrons. The van der Waals surface area contributed by atoms with Crippen molar-refractivity contribution in [2.75, 3.05) is 6.61 Å². The van der Waals surface area contributed by atoms with Crippen LogP contribution in [-0.2, 0) is 16.1 Å². The van der Waals surface area contributed by atoms with E-state index in [1.54, 1.807) is 17.0 Å². The van der Waals surface area contributed by atoms with E-state index in [1.165, 1.54) is 6.42 Å². The molecule has 0 bridgehead atoms. The maximum atomic E-state index is 13.4. The van der Waals surface area contributed by atoms with Crippen molar-refractivity contribution in [2.24, 2.45) is 0 Å². The number of hydrogen-bond donors (Lipinski definition) is 1. The molecule has 2 aromatic rings. The minimum Gasteiger partial charge on any atom is -0.494 e. The summed E-state index contributed by atoms with van der Waals surface area (Å²) in [5, 5.41) is 3.89. The van der Waals surface area contributed by atoms with Crippen molar-refractivity contribution in [1.82, 2.24) is 10.2 Å². The highest BCUT2D eigenvalue weighted by molar-refractivity contribution is 6.30. The summed E-state index contributed by atoms with van der Waals surface area (Å²) in [5.41, 5.74) is 2.19. The average Bonchev–Trinajstić information content (AvgIpc) is 2.84. The fraction of sp³-hybridized carbons (Fsp3) is 0.500. The van der Waals surface area contributed by atoms with Gasteiger partial charge in [0.15, 0.2) is 0 Å². The van der Waals surface area contributed by atoms with Gasteiger partial charge in [-0.2, -0.15) is 0 Å². The highest BCUT2D eigenvalue weighted by Crippen LogP contribution is 2.21. The van der Waals surface area contributed by atoms with Gasteiger partial charge < -0.3 is 15.0 Å². The molecule has 1 N–H and O–H groups in total. The van der Waals surface area contributed by atoms with Crippen LogP contribution in [0.4, 0.5) is 0 Å². The number of nitrogens with one attached hydrogen (secondary N) is 1. The van der Waals surface area contributed by atoms with Gasteiger partial charge in [0, 0.05) is 24.0 Å². The Bertz CT molecular complexity index is 926. The lowest BCUT2D eigenvalue weighted by Crippen LogP contribution is -2.51. The van der Waals surface area contributed by atoms with Crippen molar-refractivity contribution < 1.29 is 14.3 Å². The van der Waals surface area contributed by atoms with Crippen LogP contribution >= 0.6 is 11.6 Å². The number of carbonyl (C=O) groups excluding carboxylic acids is 2. The third-order valence-corrected chi connectivity index (χ3v) is 6.81. The molecule has 1 saturated carbocycles. The van der Waals surface area contributed by atoms with Crippen molar-refractivity contribution in [2.45, 2.75) is 83.8 Å². The summed E-state index contributed by atoms with van der Waals surface area (Å²) in [6.07, 6.45) is 7.07. The van der Waals surface area contributed by atoms with Gasteiger partial charge in [0.25, 0.3) is 0 Å². The fourth-order valence-corrected chi connectivity index (χ4v) is 4.65. The zero-order valence-corrected chi connectivity index (χ0v) is 21.2. The van der Waals surface area contributed by atoms with E-state index in [9.17, 15) is 9.59 Å². The SMILES string of the molecule is CC[C@@H](C(=O)NC1CCCCC1)N(Cc1ccccc1C)C(=O)CCCOc1ccc(Cl)cc1. The van der Waals surface area contributed by atoms with Gasteiger partial charge in [-0.3, -0.25) is 9.59 Å². The topological polar surface area (TPSA) is 58.6 Å². The monoisotopic (exact) mass is 484 g/mol. The molecule has 6 heteroatoms. The Morgan fingerprint density at radius 2 is 1.79 bits per heavy atom. The van der Waals surface area contributed by atoms with E-state index >= 15 is 0 Å². The van der Waals surface area contributed by atoms with Gasteiger partial charge in [-0.1, -0.05) is 62.1 Å². The van der Waals surface area contributed by atoms with Gasteiger partial charge in [0.1, 0.15) is 11.8 Å². The second kappa shape index (κ2) is 13.4. The lowest BCUT2D eigenvalue weighted by Gasteiger charge is -2.33. The summed E-state index contributed by atoms with van der Waals surface area (Å²) >= 11 is 5.92. The van der Waals surface area contributed by atoms with Crippen LogP contribution in [0, 0.1) is 6.92 Å². The predicted molar refractivity (Wildman–Crippen MR) is 137 cm³/mol. The minimum atomic E-state index is -0.480. The lowest BCUT2D eigenvalue weighted by molar-refractivity contribution is -0.142. The molecule has 184 valence electrons. The molecule has 2 amide bonds. The normalized spacial score (nSPS) is 14.9. The maximum absolute atomic E-state index is 13.4. The summed E-state index contributed by atoms with van der Waals surface area (Å²) in [7, 11) is 0. The van der Waals surface area contributed by atoms with E-state index in [2.05, 4.69) is 5.32 Å². The molecular weight excluding hydrogens is 448 g/mol. The summed E-state index contributed by atoms with van der Waals surface area (Å²) < 4.78 is 5.75. The van der Waals surface area contributed by atoms with Crippen molar-refractivity contribution in [3.05, 3.63) is 64.7 Å². The number of benzene rings is 2. The van der Waals surface area contributed by atoms with Crippen LogP contribution in [-0.4, -0.2) is 35.4 Å². The number of halogens is 1. The minimum absolute atomic E-state index is 0.0198. The molecule has 0 saturated heterocycles. The molecule has 5 nitrogen and oxygen atoms in total. The van der Waals surface area contributed by atoms with E-state index in [0.717, 1.165) is 42.6 Å². The number of rotatable bonds is 11. The average molecular weight is 485 g/mol. The molecule has 1 aliphatic rings. The molecule has 1 aliphatic carbocycles. The van der Waals surface area contributed by atoms with Gasteiger partial charge >= 0.3 is 0 Å². The molecule has 0 heterocycles. The quantitative estimate of drug-likeness (QED) is 0.394. The Kier molecular flexibility index (Phi) is 10.3. The molecule has 0 aromatic heterocycles. The smallest absolute Gasteiger partial charge is 0.243 e. The highest BCUT2D eigenvalue weighted by atomic mass is 35.5. The van der Waals surface area contributed by atoms with Crippen molar-refractivity contribution in [1.29, 1.82) is 0 Å². The largest absolute Gasteiger partial charge is 0.494 e.